The van der Waals surface area contributed by atoms with Gasteiger partial charge in [0.05, 0.1) is 11.1 Å². The Hall–Kier alpha value is -2.91. The van der Waals surface area contributed by atoms with E-state index in [0.29, 0.717) is 41.7 Å². The van der Waals surface area contributed by atoms with Crippen molar-refractivity contribution in [3.8, 4) is 0 Å². The number of unbranched alkanes of at least 4 members (excludes halogenated alkanes) is 4. The summed E-state index contributed by atoms with van der Waals surface area (Å²) in [5.41, 5.74) is 0.124. The minimum absolute atomic E-state index is 0.259. The number of benzene rings is 1. The van der Waals surface area contributed by atoms with Crippen molar-refractivity contribution in [1.82, 2.24) is 19.2 Å². The summed E-state index contributed by atoms with van der Waals surface area (Å²) >= 11 is 0. The SMILES string of the molecule is Cc1nn(CC(F)(F)F)c(=O)n1CCCCCCCN1C(=O)c2ccccc2C1=O. The molecule has 0 saturated carbocycles. The third-order valence-electron chi connectivity index (χ3n) is 5.08. The first-order valence-electron chi connectivity index (χ1n) is 9.85. The molecule has 0 radical (unpaired) electrons. The lowest BCUT2D eigenvalue weighted by atomic mass is 10.1. The van der Waals surface area contributed by atoms with Crippen LogP contribution in [0.4, 0.5) is 13.2 Å². The van der Waals surface area contributed by atoms with E-state index in [0.717, 1.165) is 19.3 Å². The van der Waals surface area contributed by atoms with Crippen molar-refractivity contribution in [3.63, 3.8) is 0 Å². The number of aromatic nitrogens is 3. The number of hydrogen-bond acceptors (Lipinski definition) is 4. The van der Waals surface area contributed by atoms with Crippen molar-refractivity contribution in [2.45, 2.75) is 58.3 Å². The number of nitrogens with zero attached hydrogens (tertiary/aromatic N) is 4. The molecule has 0 fully saturated rings. The molecule has 2 heterocycles. The Morgan fingerprint density at radius 3 is 1.97 bits per heavy atom. The van der Waals surface area contributed by atoms with E-state index in [1.54, 1.807) is 24.3 Å². The van der Waals surface area contributed by atoms with Crippen LogP contribution < -0.4 is 5.69 Å². The highest BCUT2D eigenvalue weighted by molar-refractivity contribution is 6.21. The largest absolute Gasteiger partial charge is 0.408 e. The Morgan fingerprint density at radius 1 is 0.867 bits per heavy atom. The van der Waals surface area contributed by atoms with Gasteiger partial charge < -0.3 is 0 Å². The van der Waals surface area contributed by atoms with Gasteiger partial charge in [-0.25, -0.2) is 9.48 Å². The summed E-state index contributed by atoms with van der Waals surface area (Å²) in [6.45, 7) is 0.782. The third kappa shape index (κ3) is 4.80. The predicted molar refractivity (Wildman–Crippen MR) is 102 cm³/mol. The minimum Gasteiger partial charge on any atom is -0.279 e. The molecule has 0 N–H and O–H groups in total. The van der Waals surface area contributed by atoms with Gasteiger partial charge in [0.15, 0.2) is 0 Å². The maximum atomic E-state index is 12.5. The van der Waals surface area contributed by atoms with Crippen molar-refractivity contribution >= 4 is 11.8 Å². The van der Waals surface area contributed by atoms with Crippen LogP contribution in [0.3, 0.4) is 0 Å². The monoisotopic (exact) mass is 424 g/mol. The highest BCUT2D eigenvalue weighted by atomic mass is 19.4. The molecule has 7 nitrogen and oxygen atoms in total. The highest BCUT2D eigenvalue weighted by Crippen LogP contribution is 2.23. The Labute approximate surface area is 171 Å². The number of alkyl halides is 3. The summed E-state index contributed by atoms with van der Waals surface area (Å²) in [6.07, 6.45) is -0.783. The Balaban J connectivity index is 1.39. The number of halogens is 3. The van der Waals surface area contributed by atoms with E-state index in [1.165, 1.54) is 16.4 Å². The molecule has 1 aromatic carbocycles. The zero-order valence-electron chi connectivity index (χ0n) is 16.6. The van der Waals surface area contributed by atoms with Gasteiger partial charge in [-0.2, -0.15) is 18.3 Å². The van der Waals surface area contributed by atoms with E-state index in [4.69, 9.17) is 0 Å². The molecule has 0 saturated heterocycles. The molecular formula is C20H23F3N4O3. The molecule has 162 valence electrons. The molecule has 1 aromatic heterocycles. The van der Waals surface area contributed by atoms with Crippen molar-refractivity contribution in [2.75, 3.05) is 6.54 Å². The zero-order chi connectivity index (χ0) is 21.9. The fourth-order valence-electron chi connectivity index (χ4n) is 3.59. The van der Waals surface area contributed by atoms with Crippen molar-refractivity contribution in [1.29, 1.82) is 0 Å². The maximum Gasteiger partial charge on any atom is 0.408 e. The summed E-state index contributed by atoms with van der Waals surface area (Å²) in [4.78, 5) is 37.9. The normalized spacial score (nSPS) is 13.9. The fraction of sp³-hybridized carbons (Fsp3) is 0.500. The molecule has 2 amide bonds. The van der Waals surface area contributed by atoms with Crippen LogP contribution in [0, 0.1) is 6.92 Å². The van der Waals surface area contributed by atoms with Crippen LogP contribution >= 0.6 is 0 Å². The fourth-order valence-corrected chi connectivity index (χ4v) is 3.59. The molecule has 0 bridgehead atoms. The topological polar surface area (TPSA) is 77.2 Å². The van der Waals surface area contributed by atoms with Crippen LogP contribution in [0.25, 0.3) is 0 Å². The van der Waals surface area contributed by atoms with Gasteiger partial charge in [0.2, 0.25) is 0 Å². The number of aryl methyl sites for hydroxylation is 1. The molecular weight excluding hydrogens is 401 g/mol. The molecule has 30 heavy (non-hydrogen) atoms. The van der Waals surface area contributed by atoms with Crippen molar-refractivity contribution in [2.24, 2.45) is 0 Å². The number of imide groups is 1. The molecule has 0 atom stereocenters. The lowest BCUT2D eigenvalue weighted by Gasteiger charge is -2.13. The third-order valence-corrected chi connectivity index (χ3v) is 5.08. The summed E-state index contributed by atoms with van der Waals surface area (Å²) in [7, 11) is 0. The van der Waals surface area contributed by atoms with E-state index in [2.05, 4.69) is 5.10 Å². The van der Waals surface area contributed by atoms with Gasteiger partial charge in [-0.15, -0.1) is 0 Å². The van der Waals surface area contributed by atoms with Crippen LogP contribution in [-0.4, -0.2) is 43.8 Å². The van der Waals surface area contributed by atoms with Gasteiger partial charge in [-0.05, 0) is 31.9 Å². The molecule has 3 rings (SSSR count). The molecule has 2 aromatic rings. The second-order valence-corrected chi connectivity index (χ2v) is 7.33. The maximum absolute atomic E-state index is 12.5. The Bertz CT molecular complexity index is 959. The van der Waals surface area contributed by atoms with Gasteiger partial charge in [0.25, 0.3) is 11.8 Å². The molecule has 10 heteroatoms. The van der Waals surface area contributed by atoms with Gasteiger partial charge in [0.1, 0.15) is 12.4 Å². The van der Waals surface area contributed by atoms with Crippen LogP contribution in [0.15, 0.2) is 29.1 Å². The number of carbonyl (C=O) groups is 2. The summed E-state index contributed by atoms with van der Waals surface area (Å²) in [5.74, 6) is -0.266. The van der Waals surface area contributed by atoms with E-state index in [1.807, 2.05) is 0 Å². The minimum atomic E-state index is -4.49. The number of rotatable bonds is 9. The average Bonchev–Trinajstić information content (AvgIpc) is 3.08. The second kappa shape index (κ2) is 8.85. The van der Waals surface area contributed by atoms with E-state index >= 15 is 0 Å². The standard InChI is InChI=1S/C20H23F3N4O3/c1-14-24-27(13-20(21,22)23)19(30)25(14)11-7-3-2-4-8-12-26-17(28)15-9-5-6-10-16(15)18(26)29/h5-6,9-10H,2-4,7-8,11-13H2,1H3. The van der Waals surface area contributed by atoms with Gasteiger partial charge in [-0.1, -0.05) is 31.4 Å². The van der Waals surface area contributed by atoms with Crippen LogP contribution in [-0.2, 0) is 13.1 Å². The highest BCUT2D eigenvalue weighted by Gasteiger charge is 2.34. The van der Waals surface area contributed by atoms with Crippen LogP contribution in [0.2, 0.25) is 0 Å². The average molecular weight is 424 g/mol. The predicted octanol–water partition coefficient (Wildman–Crippen LogP) is 3.16. The first-order valence-corrected chi connectivity index (χ1v) is 9.85. The van der Waals surface area contributed by atoms with Crippen LogP contribution in [0.1, 0.15) is 58.6 Å². The summed E-state index contributed by atoms with van der Waals surface area (Å²) in [5, 5.41) is 3.68. The lowest BCUT2D eigenvalue weighted by molar-refractivity contribution is -0.143. The van der Waals surface area contributed by atoms with Gasteiger partial charge in [0, 0.05) is 13.1 Å². The Morgan fingerprint density at radius 2 is 1.40 bits per heavy atom. The molecule has 0 unspecified atom stereocenters. The van der Waals surface area contributed by atoms with Gasteiger partial charge in [-0.3, -0.25) is 19.1 Å². The van der Waals surface area contributed by atoms with Gasteiger partial charge >= 0.3 is 11.9 Å². The number of fused-ring (bicyclic) bond motifs is 1. The number of carbonyl (C=O) groups excluding carboxylic acids is 2. The van der Waals surface area contributed by atoms with E-state index in [-0.39, 0.29) is 17.6 Å². The molecule has 0 aliphatic carbocycles. The number of hydrogen-bond donors (Lipinski definition) is 0. The van der Waals surface area contributed by atoms with Crippen molar-refractivity contribution in [3.05, 3.63) is 51.7 Å². The first-order chi connectivity index (χ1) is 14.2. The second-order valence-electron chi connectivity index (χ2n) is 7.33. The summed E-state index contributed by atoms with van der Waals surface area (Å²) in [6, 6.07) is 6.76. The first kappa shape index (κ1) is 21.8. The smallest absolute Gasteiger partial charge is 0.279 e. The van der Waals surface area contributed by atoms with Crippen molar-refractivity contribution < 1.29 is 22.8 Å². The quantitative estimate of drug-likeness (QED) is 0.458. The summed E-state index contributed by atoms with van der Waals surface area (Å²) < 4.78 is 39.1. The lowest BCUT2D eigenvalue weighted by Crippen LogP contribution is -2.30. The zero-order valence-corrected chi connectivity index (χ0v) is 16.6. The molecule has 1 aliphatic rings. The molecule has 0 spiro atoms. The number of amides is 2. The van der Waals surface area contributed by atoms with E-state index < -0.39 is 18.4 Å². The Kier molecular flexibility index (Phi) is 6.42. The van der Waals surface area contributed by atoms with E-state index in [9.17, 15) is 27.6 Å². The van der Waals surface area contributed by atoms with Crippen LogP contribution in [0.5, 0.6) is 0 Å². The molecule has 1 aliphatic heterocycles.